The van der Waals surface area contributed by atoms with E-state index in [9.17, 15) is 38.4 Å². The van der Waals surface area contributed by atoms with Crippen LogP contribution in [0.25, 0.3) is 44.7 Å². The van der Waals surface area contributed by atoms with Gasteiger partial charge in [0.25, 0.3) is 17.7 Å². The molecule has 4 aromatic heterocycles. The highest BCUT2D eigenvalue weighted by molar-refractivity contribution is 5.99. The molecular weight excluding hydrogens is 1560 g/mol. The van der Waals surface area contributed by atoms with Crippen molar-refractivity contribution >= 4 is 104 Å². The average molecular weight is 1670 g/mol. The third-order valence-corrected chi connectivity index (χ3v) is 21.8. The van der Waals surface area contributed by atoms with Crippen molar-refractivity contribution in [2.24, 2.45) is 52.5 Å². The highest BCUT2D eigenvalue weighted by atomic mass is 16.5. The minimum absolute atomic E-state index is 0.00938. The smallest absolute Gasteiger partial charge is 0.311 e. The molecule has 28 heteroatoms. The molecule has 2 saturated heterocycles. The molecule has 0 bridgehead atoms. The molecule has 6 heterocycles. The first-order valence-electron chi connectivity index (χ1n) is 40.6. The van der Waals surface area contributed by atoms with Gasteiger partial charge in [0.2, 0.25) is 5.91 Å². The number of hydrogen-bond donors (Lipinski definition) is 10. The highest BCUT2D eigenvalue weighted by Gasteiger charge is 2.34. The van der Waals surface area contributed by atoms with Gasteiger partial charge in [-0.1, -0.05) is 105 Å². The molecule has 2 aliphatic heterocycles. The van der Waals surface area contributed by atoms with E-state index >= 15 is 0 Å². The predicted octanol–water partition coefficient (Wildman–Crippen LogP) is 10.3. The van der Waals surface area contributed by atoms with E-state index in [1.165, 1.54) is 28.4 Å². The van der Waals surface area contributed by atoms with Crippen LogP contribution in [0.3, 0.4) is 0 Å². The number of anilines is 2. The van der Waals surface area contributed by atoms with E-state index in [0.717, 1.165) is 130 Å². The standard InChI is InChI=1S/C25H32N4O3.C24H31N5O3.C24H25N3O3.C22H24N4O3/c1-17(26)21-6-4-5-19(15-21)16-23(25(31)32-3)18(2)28-24(30)20-9-13-29(14-10-20)22-7-11-27-12-8-22;1-16(25)19-6-4-5-18(13-19)14-21(24(31)32-3)17(2)28-23(30)20-7-8-22(27-15-20)29-11-9-26-10-12-29;1-15(25)18-7-4-6-17(12-18)13-21(24(29)30-3)16(2)27-23(28)20-9-10-22-19(14-20)8-5-11-26-22;1-13(23)16-6-4-5-15(9-16)10-18(22(28)29-3)14(2)26-21(27)17-7-8-19-20(11-17)25-12-24-19/h4-8,11-12,15,18,20,23H,1,9-10,13-14,16,26H2,2-3H3,(H,28,30);4-8,13,15,17,21,26H,1,9-12,14,25H2,2-3H3,(H,28,30);4-12,14,16,21H,1,13,25H2,2-3H3,(H,27,28);4-9,11-12,14,18H,1,10,23H2,2-3H3,(H,24,25)(H,26,27). The molecule has 644 valence electrons. The number of methoxy groups -OCH3 is 4. The van der Waals surface area contributed by atoms with Gasteiger partial charge in [0, 0.05) is 139 Å². The van der Waals surface area contributed by atoms with Crippen LogP contribution in [0, 0.1) is 29.6 Å². The molecule has 0 radical (unpaired) electrons. The molecule has 0 saturated carbocycles. The molecule has 0 aliphatic carbocycles. The first-order chi connectivity index (χ1) is 59.0. The van der Waals surface area contributed by atoms with Crippen molar-refractivity contribution in [2.75, 3.05) is 77.5 Å². The van der Waals surface area contributed by atoms with E-state index in [-0.39, 0.29) is 53.5 Å². The number of aromatic amines is 1. The Balaban J connectivity index is 0.000000186. The number of fused-ring (bicyclic) bond motifs is 2. The molecule has 8 atom stereocenters. The average Bonchev–Trinajstić information content (AvgIpc) is 1.73. The van der Waals surface area contributed by atoms with Crippen LogP contribution >= 0.6 is 0 Å². The highest BCUT2D eigenvalue weighted by Crippen LogP contribution is 2.28. The number of pyridine rings is 3. The maximum Gasteiger partial charge on any atom is 0.311 e. The molecule has 0 spiro atoms. The van der Waals surface area contributed by atoms with E-state index in [0.29, 0.717) is 65.2 Å². The fourth-order valence-electron chi connectivity index (χ4n) is 14.5. The summed E-state index contributed by atoms with van der Waals surface area (Å²) < 4.78 is 20.0. The van der Waals surface area contributed by atoms with Crippen molar-refractivity contribution in [1.82, 2.24) is 51.5 Å². The fraction of sp³-hybridized carbons (Fsp3) is 0.305. The van der Waals surface area contributed by atoms with Crippen molar-refractivity contribution in [3.8, 4) is 0 Å². The van der Waals surface area contributed by atoms with Crippen LogP contribution in [0.15, 0.2) is 227 Å². The molecule has 6 aromatic carbocycles. The molecular formula is C95H112N16O12. The molecule has 2 aliphatic rings. The molecule has 14 N–H and O–H groups in total. The number of aromatic nitrogens is 5. The minimum Gasteiger partial charge on any atom is -0.469 e. The van der Waals surface area contributed by atoms with E-state index < -0.39 is 47.8 Å². The lowest BCUT2D eigenvalue weighted by atomic mass is 9.90. The summed E-state index contributed by atoms with van der Waals surface area (Å²) in [5, 5.41) is 16.0. The topological polar surface area (TPSA) is 412 Å². The van der Waals surface area contributed by atoms with Crippen molar-refractivity contribution < 1.29 is 57.3 Å². The number of carbonyl (C=O) groups excluding carboxylic acids is 8. The Morgan fingerprint density at radius 2 is 0.821 bits per heavy atom. The lowest BCUT2D eigenvalue weighted by Gasteiger charge is -2.34. The van der Waals surface area contributed by atoms with Gasteiger partial charge < -0.3 is 83.2 Å². The molecule has 2 fully saturated rings. The normalized spacial score (nSPS) is 14.4. The summed E-state index contributed by atoms with van der Waals surface area (Å²) >= 11 is 0. The number of esters is 4. The van der Waals surface area contributed by atoms with Crippen LogP contribution in [0.1, 0.15) is 116 Å². The van der Waals surface area contributed by atoms with Crippen molar-refractivity contribution in [1.29, 1.82) is 0 Å². The van der Waals surface area contributed by atoms with E-state index in [4.69, 9.17) is 41.9 Å². The van der Waals surface area contributed by atoms with Gasteiger partial charge in [-0.15, -0.1) is 0 Å². The fourth-order valence-corrected chi connectivity index (χ4v) is 14.5. The Hall–Kier alpha value is -14.0. The van der Waals surface area contributed by atoms with E-state index in [1.807, 2.05) is 134 Å². The van der Waals surface area contributed by atoms with Gasteiger partial charge in [-0.25, -0.2) is 9.97 Å². The summed E-state index contributed by atoms with van der Waals surface area (Å²) in [6.07, 6.45) is 11.6. The van der Waals surface area contributed by atoms with Crippen LogP contribution in [0.2, 0.25) is 0 Å². The molecule has 123 heavy (non-hydrogen) atoms. The van der Waals surface area contributed by atoms with Crippen LogP contribution in [0.4, 0.5) is 11.5 Å². The Morgan fingerprint density at radius 1 is 0.423 bits per heavy atom. The van der Waals surface area contributed by atoms with Crippen LogP contribution in [-0.2, 0) is 68.6 Å². The third kappa shape index (κ3) is 26.7. The van der Waals surface area contributed by atoms with Gasteiger partial charge >= 0.3 is 23.9 Å². The maximum atomic E-state index is 12.9. The number of hydrogen-bond acceptors (Lipinski definition) is 23. The number of ether oxygens (including phenoxy) is 4. The monoisotopic (exact) mass is 1670 g/mol. The summed E-state index contributed by atoms with van der Waals surface area (Å²) in [5.74, 6) is -3.71. The number of carbonyl (C=O) groups is 8. The number of nitrogens with two attached hydrogens (primary N) is 4. The van der Waals surface area contributed by atoms with Crippen LogP contribution in [-0.4, -0.2) is 164 Å². The van der Waals surface area contributed by atoms with Gasteiger partial charge in [0.15, 0.2) is 0 Å². The zero-order valence-corrected chi connectivity index (χ0v) is 71.0. The van der Waals surface area contributed by atoms with Crippen molar-refractivity contribution in [3.63, 3.8) is 0 Å². The Bertz CT molecular complexity index is 5360. The van der Waals surface area contributed by atoms with Crippen molar-refractivity contribution in [2.45, 2.75) is 90.4 Å². The van der Waals surface area contributed by atoms with Gasteiger partial charge in [-0.05, 0) is 202 Å². The number of H-pyrrole nitrogens is 1. The van der Waals surface area contributed by atoms with Gasteiger partial charge in [0.05, 0.1) is 80.6 Å². The van der Waals surface area contributed by atoms with Gasteiger partial charge in [0.1, 0.15) is 5.82 Å². The number of piperazine rings is 1. The van der Waals surface area contributed by atoms with Crippen LogP contribution < -0.4 is 59.3 Å². The molecule has 10 aromatic rings. The minimum atomic E-state index is -0.557. The van der Waals surface area contributed by atoms with Crippen LogP contribution in [0.5, 0.6) is 0 Å². The number of imidazole rings is 1. The SMILES string of the molecule is C=C(N)c1cccc(CC(C(=O)OC)C(C)NC(=O)C2CCN(c3ccncc3)CC2)c1.C=C(N)c1cccc(CC(C(=O)OC)C(C)NC(=O)c2ccc(N3CCNCC3)nc2)c1.C=C(N)c1cccc(CC(C(=O)OC)C(C)NC(=O)c2ccc3nc[nH]c3c2)c1.C=C(N)c1cccc(CC(C(=O)OC)C(C)NC(=O)c2ccc3ncccc3c2)c1. The summed E-state index contributed by atoms with van der Waals surface area (Å²) in [4.78, 5) is 125. The second-order valence-corrected chi connectivity index (χ2v) is 30.5. The molecule has 8 unspecified atom stereocenters. The lowest BCUT2D eigenvalue weighted by Crippen LogP contribution is -2.47. The Kier molecular flexibility index (Phi) is 34.3. The summed E-state index contributed by atoms with van der Waals surface area (Å²) in [6.45, 7) is 27.5. The van der Waals surface area contributed by atoms with E-state index in [2.05, 4.69) is 87.6 Å². The molecule has 12 rings (SSSR count). The van der Waals surface area contributed by atoms with Gasteiger partial charge in [-0.2, -0.15) is 0 Å². The third-order valence-electron chi connectivity index (χ3n) is 21.8. The first kappa shape index (κ1) is 92.9. The maximum absolute atomic E-state index is 12.9. The quantitative estimate of drug-likeness (QED) is 0.0148. The Labute approximate surface area is 717 Å². The van der Waals surface area contributed by atoms with Crippen molar-refractivity contribution in [3.05, 3.63) is 288 Å². The number of benzene rings is 6. The van der Waals surface area contributed by atoms with Gasteiger partial charge in [-0.3, -0.25) is 48.3 Å². The largest absolute Gasteiger partial charge is 0.469 e. The molecule has 28 nitrogen and oxygen atoms in total. The number of piperidine rings is 1. The summed E-state index contributed by atoms with van der Waals surface area (Å²) in [7, 11) is 5.41. The molecule has 4 amide bonds. The summed E-state index contributed by atoms with van der Waals surface area (Å²) in [5.41, 5.74) is 36.8. The second kappa shape index (κ2) is 45.4. The zero-order valence-electron chi connectivity index (χ0n) is 71.0. The number of nitrogens with one attached hydrogen (secondary N) is 6. The number of rotatable bonds is 30. The predicted molar refractivity (Wildman–Crippen MR) is 480 cm³/mol. The second-order valence-electron chi connectivity index (χ2n) is 30.5. The lowest BCUT2D eigenvalue weighted by molar-refractivity contribution is -0.147. The van der Waals surface area contributed by atoms with E-state index in [1.54, 1.807) is 94.4 Å². The zero-order chi connectivity index (χ0) is 88.8. The first-order valence-corrected chi connectivity index (χ1v) is 40.6. The number of nitrogens with zero attached hydrogens (tertiary/aromatic N) is 6. The summed E-state index contributed by atoms with van der Waals surface area (Å²) in [6, 6.07) is 50.3. The number of amides is 4. The Morgan fingerprint density at radius 3 is 1.23 bits per heavy atom.